The van der Waals surface area contributed by atoms with Crippen molar-refractivity contribution in [3.8, 4) is 0 Å². The van der Waals surface area contributed by atoms with Crippen molar-refractivity contribution in [1.82, 2.24) is 0 Å². The normalized spacial score (nSPS) is 9.88. The molecule has 0 atom stereocenters. The molecule has 0 fully saturated rings. The van der Waals surface area contributed by atoms with Crippen molar-refractivity contribution in [3.63, 3.8) is 0 Å². The van der Waals surface area contributed by atoms with E-state index in [0.29, 0.717) is 6.04 Å². The first kappa shape index (κ1) is 11.3. The first-order valence-corrected chi connectivity index (χ1v) is 6.12. The zero-order valence-corrected chi connectivity index (χ0v) is 7.12. The molecule has 0 saturated heterocycles. The van der Waals surface area contributed by atoms with Gasteiger partial charge in [-0.1, -0.05) is 19.6 Å². The second kappa shape index (κ2) is 4.37. The summed E-state index contributed by atoms with van der Waals surface area (Å²) in [4.78, 5) is 9.73. The Morgan fingerprint density at radius 3 is 1.75 bits per heavy atom. The van der Waals surface area contributed by atoms with Gasteiger partial charge in [0.05, 0.1) is 0 Å². The molecule has 0 bridgehead atoms. The van der Waals surface area contributed by atoms with Crippen LogP contribution in [-0.4, -0.2) is 14.4 Å². The predicted molar refractivity (Wildman–Crippen MR) is 33.8 cm³/mol. The fourth-order valence-corrected chi connectivity index (χ4v) is 0.650. The molecule has 0 heterocycles. The van der Waals surface area contributed by atoms with Crippen molar-refractivity contribution in [1.29, 1.82) is 0 Å². The molecule has 0 rings (SSSR count). The summed E-state index contributed by atoms with van der Waals surface area (Å²) >= 11 is 0. The average molecular weight is 122 g/mol. The Hall–Kier alpha value is 0.484. The zero-order chi connectivity index (χ0) is 5.91. The van der Waals surface area contributed by atoms with E-state index in [-0.39, 0.29) is 18.9 Å². The van der Waals surface area contributed by atoms with Crippen LogP contribution in [0.25, 0.3) is 0 Å². The van der Waals surface area contributed by atoms with Gasteiger partial charge >= 0.3 is 18.9 Å². The summed E-state index contributed by atoms with van der Waals surface area (Å²) in [5.41, 5.74) is 0. The van der Waals surface area contributed by atoms with Crippen molar-refractivity contribution in [2.24, 2.45) is 0 Å². The van der Waals surface area contributed by atoms with E-state index in [1.807, 2.05) is 6.29 Å². The molecule has 3 heteroatoms. The second-order valence-electron chi connectivity index (χ2n) is 2.88. The molecule has 0 aromatic rings. The minimum Gasteiger partial charge on any atom is -0.542 e. The molecule has 0 aromatic carbocycles. The van der Waals surface area contributed by atoms with Crippen LogP contribution in [-0.2, 0) is 4.79 Å². The minimum atomic E-state index is -1.08. The maximum Gasteiger partial charge on any atom is 1.00 e. The second-order valence-corrected chi connectivity index (χ2v) is 8.36. The third kappa shape index (κ3) is 9.70. The van der Waals surface area contributed by atoms with Gasteiger partial charge in [0.1, 0.15) is 0 Å². The van der Waals surface area contributed by atoms with E-state index in [1.54, 1.807) is 0 Å². The van der Waals surface area contributed by atoms with Gasteiger partial charge in [-0.2, -0.15) is 6.04 Å². The molecule has 0 saturated carbocycles. The molecule has 0 radical (unpaired) electrons. The molecule has 0 aliphatic carbocycles. The van der Waals surface area contributed by atoms with Gasteiger partial charge in [0.15, 0.2) is 0 Å². The van der Waals surface area contributed by atoms with Crippen molar-refractivity contribution < 1.29 is 23.7 Å². The third-order valence-electron chi connectivity index (χ3n) is 0.602. The van der Waals surface area contributed by atoms with Gasteiger partial charge in [-0.05, 0) is 0 Å². The summed E-state index contributed by atoms with van der Waals surface area (Å²) in [6.07, 6.45) is 1.92. The Morgan fingerprint density at radius 2 is 1.75 bits per heavy atom. The largest absolute Gasteiger partial charge is 1.00 e. The zero-order valence-electron chi connectivity index (χ0n) is 6.12. The van der Waals surface area contributed by atoms with E-state index in [1.165, 1.54) is 0 Å². The van der Waals surface area contributed by atoms with Crippen LogP contribution in [0.5, 0.6) is 0 Å². The van der Waals surface area contributed by atoms with Crippen molar-refractivity contribution >= 4 is 14.4 Å². The van der Waals surface area contributed by atoms with Crippen LogP contribution in [0, 0.1) is 0 Å². The summed E-state index contributed by atoms with van der Waals surface area (Å²) in [5.74, 6) is 0. The van der Waals surface area contributed by atoms with E-state index in [4.69, 9.17) is 0 Å². The van der Waals surface area contributed by atoms with Crippen LogP contribution < -0.4 is 18.9 Å². The quantitative estimate of drug-likeness (QED) is 0.320. The maximum atomic E-state index is 9.73. The fourth-order valence-electron chi connectivity index (χ4n) is 0.217. The van der Waals surface area contributed by atoms with Crippen LogP contribution >= 0.6 is 0 Å². The molecular formula is C5H11LiOSi. The number of hydrogen-bond acceptors (Lipinski definition) is 1. The van der Waals surface area contributed by atoms with Gasteiger partial charge in [-0.15, -0.1) is 0 Å². The Morgan fingerprint density at radius 1 is 1.38 bits per heavy atom. The van der Waals surface area contributed by atoms with Gasteiger partial charge in [-0.3, -0.25) is 6.29 Å². The average Bonchev–Trinajstić information content (AvgIpc) is 1.30. The van der Waals surface area contributed by atoms with Crippen molar-refractivity contribution in [3.05, 3.63) is 0 Å². The SMILES string of the molecule is C[Si](C)(C)C[C-]=O.[Li+]. The van der Waals surface area contributed by atoms with Gasteiger partial charge in [0.2, 0.25) is 0 Å². The van der Waals surface area contributed by atoms with Gasteiger partial charge < -0.3 is 4.79 Å². The molecule has 42 valence electrons. The van der Waals surface area contributed by atoms with E-state index in [9.17, 15) is 4.79 Å². The monoisotopic (exact) mass is 122 g/mol. The molecule has 0 N–H and O–H groups in total. The Labute approximate surface area is 64.0 Å². The van der Waals surface area contributed by atoms with E-state index in [2.05, 4.69) is 19.6 Å². The standard InChI is InChI=1S/C5H11OSi.Li/c1-7(2,3)5-4-6;/h5H2,1-3H3;/q-1;+1. The molecule has 0 aliphatic heterocycles. The van der Waals surface area contributed by atoms with E-state index < -0.39 is 8.07 Å². The van der Waals surface area contributed by atoms with Crippen LogP contribution in [0.1, 0.15) is 0 Å². The number of rotatable bonds is 2. The Bertz CT molecular complexity index is 67.3. The van der Waals surface area contributed by atoms with E-state index >= 15 is 0 Å². The maximum absolute atomic E-state index is 9.73. The molecule has 8 heavy (non-hydrogen) atoms. The van der Waals surface area contributed by atoms with Crippen molar-refractivity contribution in [2.75, 3.05) is 0 Å². The summed E-state index contributed by atoms with van der Waals surface area (Å²) in [7, 11) is -1.08. The Balaban J connectivity index is 0. The van der Waals surface area contributed by atoms with Gasteiger partial charge in [-0.25, -0.2) is 0 Å². The molecule has 0 aliphatic rings. The first-order valence-electron chi connectivity index (χ1n) is 2.41. The fraction of sp³-hybridized carbons (Fsp3) is 0.800. The van der Waals surface area contributed by atoms with Crippen LogP contribution in [0.15, 0.2) is 0 Å². The Kier molecular flexibility index (Phi) is 6.18. The first-order chi connectivity index (χ1) is 3.06. The molecule has 0 spiro atoms. The number of hydrogen-bond donors (Lipinski definition) is 0. The van der Waals surface area contributed by atoms with Gasteiger partial charge in [0, 0.05) is 8.07 Å². The van der Waals surface area contributed by atoms with Crippen LogP contribution in [0.3, 0.4) is 0 Å². The molecule has 0 aromatic heterocycles. The smallest absolute Gasteiger partial charge is 0.542 e. The van der Waals surface area contributed by atoms with Gasteiger partial charge in [0.25, 0.3) is 0 Å². The molecule has 1 nitrogen and oxygen atoms in total. The summed E-state index contributed by atoms with van der Waals surface area (Å²) in [5, 5.41) is 0. The van der Waals surface area contributed by atoms with E-state index in [0.717, 1.165) is 0 Å². The predicted octanol–water partition coefficient (Wildman–Crippen LogP) is -1.56. The van der Waals surface area contributed by atoms with Crippen LogP contribution in [0.2, 0.25) is 25.7 Å². The summed E-state index contributed by atoms with van der Waals surface area (Å²) in [6.45, 7) is 6.45. The van der Waals surface area contributed by atoms with Crippen LogP contribution in [0.4, 0.5) is 0 Å². The summed E-state index contributed by atoms with van der Waals surface area (Å²) < 4.78 is 0. The minimum absolute atomic E-state index is 0. The molecule has 0 amide bonds. The third-order valence-corrected chi connectivity index (χ3v) is 1.81. The molecule has 0 unspecified atom stereocenters. The topological polar surface area (TPSA) is 17.1 Å². The number of carbonyl (C=O) groups excluding carboxylic acids is 1. The summed E-state index contributed by atoms with van der Waals surface area (Å²) in [6, 6.07) is 0.674. The van der Waals surface area contributed by atoms with Crippen molar-refractivity contribution in [2.45, 2.75) is 25.7 Å². The molecular weight excluding hydrogens is 111 g/mol.